The third-order valence-electron chi connectivity index (χ3n) is 2.44. The number of hydrogen-bond acceptors (Lipinski definition) is 4. The number of para-hydroxylation sites is 1. The molecule has 1 aromatic heterocycles. The van der Waals surface area contributed by atoms with E-state index in [1.807, 2.05) is 18.2 Å². The number of nitrogens with zero attached hydrogens (tertiary/aromatic N) is 2. The molecule has 0 aliphatic heterocycles. The van der Waals surface area contributed by atoms with E-state index in [-0.39, 0.29) is 0 Å². The third-order valence-corrected chi connectivity index (χ3v) is 3.26. The molecule has 1 aromatic carbocycles. The molecule has 0 saturated heterocycles. The highest BCUT2D eigenvalue weighted by Crippen LogP contribution is 2.28. The zero-order chi connectivity index (χ0) is 12.3. The lowest BCUT2D eigenvalue weighted by molar-refractivity contribution is 0.869. The summed E-state index contributed by atoms with van der Waals surface area (Å²) in [6.45, 7) is 4.31. The van der Waals surface area contributed by atoms with E-state index in [0.29, 0.717) is 10.8 Å². The summed E-state index contributed by atoms with van der Waals surface area (Å²) in [7, 11) is 0. The molecule has 1 N–H and O–H groups in total. The number of hydrogen-bond donors (Lipinski definition) is 1. The number of aromatic nitrogens is 1. The molecule has 0 bridgehead atoms. The van der Waals surface area contributed by atoms with E-state index in [4.69, 9.17) is 5.26 Å². The lowest BCUT2D eigenvalue weighted by atomic mass is 10.0. The van der Waals surface area contributed by atoms with Gasteiger partial charge < -0.3 is 5.32 Å². The van der Waals surface area contributed by atoms with Crippen molar-refractivity contribution < 1.29 is 0 Å². The Kier molecular flexibility index (Phi) is 3.40. The highest BCUT2D eigenvalue weighted by atomic mass is 32.1. The molecule has 2 aromatic rings. The van der Waals surface area contributed by atoms with E-state index < -0.39 is 0 Å². The van der Waals surface area contributed by atoms with Crippen molar-refractivity contribution in [2.45, 2.75) is 19.8 Å². The van der Waals surface area contributed by atoms with Crippen molar-refractivity contribution in [3.05, 3.63) is 40.9 Å². The van der Waals surface area contributed by atoms with Crippen molar-refractivity contribution in [1.29, 1.82) is 5.26 Å². The predicted octanol–water partition coefficient (Wildman–Crippen LogP) is 3.88. The molecule has 0 radical (unpaired) electrons. The molecule has 86 valence electrons. The second kappa shape index (κ2) is 4.98. The van der Waals surface area contributed by atoms with Crippen LogP contribution in [0.3, 0.4) is 0 Å². The monoisotopic (exact) mass is 243 g/mol. The summed E-state index contributed by atoms with van der Waals surface area (Å²) in [5, 5.41) is 12.8. The summed E-state index contributed by atoms with van der Waals surface area (Å²) >= 11 is 1.36. The average Bonchev–Trinajstić information content (AvgIpc) is 2.77. The SMILES string of the molecule is CC(C)c1ccccc1Nc1ncc(C#N)s1. The van der Waals surface area contributed by atoms with Gasteiger partial charge in [-0.25, -0.2) is 4.98 Å². The van der Waals surface area contributed by atoms with E-state index in [1.54, 1.807) is 6.20 Å². The van der Waals surface area contributed by atoms with Gasteiger partial charge in [-0.1, -0.05) is 43.4 Å². The van der Waals surface area contributed by atoms with Crippen molar-refractivity contribution >= 4 is 22.2 Å². The lowest BCUT2D eigenvalue weighted by Gasteiger charge is -2.12. The number of nitrogens with one attached hydrogen (secondary N) is 1. The quantitative estimate of drug-likeness (QED) is 0.889. The topological polar surface area (TPSA) is 48.7 Å². The van der Waals surface area contributed by atoms with Gasteiger partial charge in [0, 0.05) is 5.69 Å². The first kappa shape index (κ1) is 11.6. The van der Waals surface area contributed by atoms with Crippen molar-refractivity contribution in [2.24, 2.45) is 0 Å². The molecule has 1 heterocycles. The van der Waals surface area contributed by atoms with Crippen LogP contribution in [-0.2, 0) is 0 Å². The molecule has 0 aliphatic carbocycles. The Hall–Kier alpha value is -1.86. The number of thiazole rings is 1. The Morgan fingerprint density at radius 1 is 1.35 bits per heavy atom. The molecule has 0 saturated carbocycles. The Bertz CT molecular complexity index is 552. The first-order valence-corrected chi connectivity index (χ1v) is 6.24. The standard InChI is InChI=1S/C13H13N3S/c1-9(2)11-5-3-4-6-12(11)16-13-15-8-10(7-14)17-13/h3-6,8-9H,1-2H3,(H,15,16). The average molecular weight is 243 g/mol. The molecule has 3 nitrogen and oxygen atoms in total. The number of rotatable bonds is 3. The molecular formula is C13H13N3S. The van der Waals surface area contributed by atoms with Gasteiger partial charge >= 0.3 is 0 Å². The van der Waals surface area contributed by atoms with Gasteiger partial charge in [0.25, 0.3) is 0 Å². The predicted molar refractivity (Wildman–Crippen MR) is 70.6 cm³/mol. The van der Waals surface area contributed by atoms with Crippen LogP contribution >= 0.6 is 11.3 Å². The minimum Gasteiger partial charge on any atom is -0.331 e. The van der Waals surface area contributed by atoms with Crippen molar-refractivity contribution in [3.8, 4) is 6.07 Å². The van der Waals surface area contributed by atoms with E-state index in [2.05, 4.69) is 36.3 Å². The van der Waals surface area contributed by atoms with Crippen LogP contribution in [-0.4, -0.2) is 4.98 Å². The fourth-order valence-electron chi connectivity index (χ4n) is 1.61. The first-order valence-electron chi connectivity index (χ1n) is 5.42. The fourth-order valence-corrected chi connectivity index (χ4v) is 2.24. The van der Waals surface area contributed by atoms with Crippen LogP contribution in [0.2, 0.25) is 0 Å². The van der Waals surface area contributed by atoms with Crippen molar-refractivity contribution in [3.63, 3.8) is 0 Å². The Morgan fingerprint density at radius 3 is 2.76 bits per heavy atom. The third kappa shape index (κ3) is 2.63. The lowest BCUT2D eigenvalue weighted by Crippen LogP contribution is -1.96. The van der Waals surface area contributed by atoms with Gasteiger partial charge in [-0.05, 0) is 17.5 Å². The summed E-state index contributed by atoms with van der Waals surface area (Å²) in [5.41, 5.74) is 2.31. The Balaban J connectivity index is 2.27. The van der Waals surface area contributed by atoms with E-state index in [9.17, 15) is 0 Å². The van der Waals surface area contributed by atoms with E-state index in [1.165, 1.54) is 16.9 Å². The second-order valence-electron chi connectivity index (χ2n) is 4.01. The molecule has 0 amide bonds. The van der Waals surface area contributed by atoms with Crippen molar-refractivity contribution in [2.75, 3.05) is 5.32 Å². The highest BCUT2D eigenvalue weighted by molar-refractivity contribution is 7.16. The number of nitriles is 1. The molecule has 4 heteroatoms. The van der Waals surface area contributed by atoms with E-state index in [0.717, 1.165) is 10.8 Å². The second-order valence-corrected chi connectivity index (χ2v) is 5.04. The van der Waals surface area contributed by atoms with Gasteiger partial charge in [-0.15, -0.1) is 0 Å². The molecule has 17 heavy (non-hydrogen) atoms. The zero-order valence-corrected chi connectivity index (χ0v) is 10.6. The van der Waals surface area contributed by atoms with E-state index >= 15 is 0 Å². The largest absolute Gasteiger partial charge is 0.331 e. The summed E-state index contributed by atoms with van der Waals surface area (Å²) in [5.74, 6) is 0.453. The molecule has 0 spiro atoms. The maximum Gasteiger partial charge on any atom is 0.188 e. The number of benzene rings is 1. The maximum atomic E-state index is 8.75. The normalized spacial score (nSPS) is 10.2. The van der Waals surface area contributed by atoms with Gasteiger partial charge in [-0.3, -0.25) is 0 Å². The fraction of sp³-hybridized carbons (Fsp3) is 0.231. The van der Waals surface area contributed by atoms with Gasteiger partial charge in [0.2, 0.25) is 0 Å². The van der Waals surface area contributed by atoms with Crippen LogP contribution in [0.25, 0.3) is 0 Å². The van der Waals surface area contributed by atoms with Gasteiger partial charge in [0.05, 0.1) is 6.20 Å². The summed E-state index contributed by atoms with van der Waals surface area (Å²) < 4.78 is 0. The van der Waals surface area contributed by atoms with Crippen LogP contribution in [0.5, 0.6) is 0 Å². The van der Waals surface area contributed by atoms with Crippen LogP contribution < -0.4 is 5.32 Å². The number of anilines is 2. The van der Waals surface area contributed by atoms with Gasteiger partial charge in [0.15, 0.2) is 5.13 Å². The Morgan fingerprint density at radius 2 is 2.12 bits per heavy atom. The van der Waals surface area contributed by atoms with Gasteiger partial charge in [0.1, 0.15) is 10.9 Å². The summed E-state index contributed by atoms with van der Waals surface area (Å²) in [6.07, 6.45) is 1.59. The summed E-state index contributed by atoms with van der Waals surface area (Å²) in [4.78, 5) is 4.79. The van der Waals surface area contributed by atoms with Crippen LogP contribution in [0.4, 0.5) is 10.8 Å². The zero-order valence-electron chi connectivity index (χ0n) is 9.77. The van der Waals surface area contributed by atoms with Crippen LogP contribution in [0, 0.1) is 11.3 Å². The molecule has 0 aliphatic rings. The minimum absolute atomic E-state index is 0.453. The van der Waals surface area contributed by atoms with Crippen molar-refractivity contribution in [1.82, 2.24) is 4.98 Å². The molecule has 0 fully saturated rings. The first-order chi connectivity index (χ1) is 8.20. The maximum absolute atomic E-state index is 8.75. The van der Waals surface area contributed by atoms with Crippen LogP contribution in [0.15, 0.2) is 30.5 Å². The molecule has 0 unspecified atom stereocenters. The molecule has 0 atom stereocenters. The molecular weight excluding hydrogens is 230 g/mol. The van der Waals surface area contributed by atoms with Crippen LogP contribution in [0.1, 0.15) is 30.2 Å². The highest BCUT2D eigenvalue weighted by Gasteiger charge is 2.07. The Labute approximate surface area is 105 Å². The minimum atomic E-state index is 0.453. The smallest absolute Gasteiger partial charge is 0.188 e. The molecule has 2 rings (SSSR count). The van der Waals surface area contributed by atoms with Gasteiger partial charge in [-0.2, -0.15) is 5.26 Å². The summed E-state index contributed by atoms with van der Waals surface area (Å²) in [6, 6.07) is 10.2.